The Kier molecular flexibility index (Phi) is 17.4. The van der Waals surface area contributed by atoms with Crippen molar-refractivity contribution in [3.05, 3.63) is 35.4 Å². The van der Waals surface area contributed by atoms with Crippen molar-refractivity contribution in [2.45, 2.75) is 191 Å². The molecule has 0 N–H and O–H groups in total. The molecule has 0 bridgehead atoms. The van der Waals surface area contributed by atoms with Gasteiger partial charge in [-0.15, -0.1) is 0 Å². The second kappa shape index (κ2) is 20.9. The minimum absolute atomic E-state index is 0.173. The number of esters is 2. The van der Waals surface area contributed by atoms with Gasteiger partial charge in [0.25, 0.3) is 0 Å². The quantitative estimate of drug-likeness (QED) is 0.108. The Morgan fingerprint density at radius 1 is 0.568 bits per heavy atom. The van der Waals surface area contributed by atoms with E-state index < -0.39 is 24.3 Å². The van der Waals surface area contributed by atoms with E-state index in [0.29, 0.717) is 11.8 Å². The van der Waals surface area contributed by atoms with Gasteiger partial charge in [0.2, 0.25) is 0 Å². The molecule has 250 valence electrons. The van der Waals surface area contributed by atoms with E-state index in [1.165, 1.54) is 49.7 Å². The summed E-state index contributed by atoms with van der Waals surface area (Å²) in [5.74, 6) is -0.478. The van der Waals surface area contributed by atoms with Crippen molar-refractivity contribution in [1.29, 1.82) is 0 Å². The highest BCUT2D eigenvalue weighted by Gasteiger charge is 2.30. The molecule has 2 fully saturated rings. The number of hydrogen-bond donors (Lipinski definition) is 0. The fraction of sp³-hybridized carbons (Fsp3) is 0.789. The predicted octanol–water partition coefficient (Wildman–Crippen LogP) is 11.0. The second-order valence-electron chi connectivity index (χ2n) is 13.5. The Hall–Kier alpha value is -1.98. The smallest absolute Gasteiger partial charge is 0.340 e. The van der Waals surface area contributed by atoms with Crippen LogP contribution in [0.25, 0.3) is 0 Å². The standard InChI is InChI=1S/C38H60F2O4/c1-3-5-7-9-11-13-15-35(39)37(41)43-33-25-21-31(22-26-33)29-17-19-30(20-18-29)32-23-27-34(28-24-32)44-38(42)36(40)16-14-12-10-8-6-4-2/h17-20,31-36H,3-16,21-28H2,1-2H3/t31?,32?,33?,34?,35-,36-/m1/s1. The van der Waals surface area contributed by atoms with Crippen LogP contribution >= 0.6 is 0 Å². The van der Waals surface area contributed by atoms with Gasteiger partial charge < -0.3 is 9.47 Å². The molecule has 4 nitrogen and oxygen atoms in total. The number of carbonyl (C=O) groups excluding carboxylic acids is 2. The van der Waals surface area contributed by atoms with Gasteiger partial charge in [-0.05, 0) is 100 Å². The van der Waals surface area contributed by atoms with Crippen LogP contribution in [-0.2, 0) is 19.1 Å². The molecule has 0 heterocycles. The first kappa shape index (κ1) is 36.5. The van der Waals surface area contributed by atoms with Gasteiger partial charge in [0, 0.05) is 0 Å². The molecule has 0 amide bonds. The van der Waals surface area contributed by atoms with E-state index in [4.69, 9.17) is 9.47 Å². The Morgan fingerprint density at radius 3 is 1.23 bits per heavy atom. The lowest BCUT2D eigenvalue weighted by Gasteiger charge is -2.30. The van der Waals surface area contributed by atoms with E-state index in [2.05, 4.69) is 38.1 Å². The maximum atomic E-state index is 14.3. The van der Waals surface area contributed by atoms with Crippen molar-refractivity contribution in [2.24, 2.45) is 0 Å². The highest BCUT2D eigenvalue weighted by molar-refractivity contribution is 5.75. The van der Waals surface area contributed by atoms with Gasteiger partial charge in [0.05, 0.1) is 0 Å². The second-order valence-corrected chi connectivity index (χ2v) is 13.5. The van der Waals surface area contributed by atoms with Crippen molar-refractivity contribution in [3.8, 4) is 0 Å². The zero-order valence-corrected chi connectivity index (χ0v) is 27.7. The van der Waals surface area contributed by atoms with Gasteiger partial charge in [-0.3, -0.25) is 0 Å². The first-order valence-electron chi connectivity index (χ1n) is 18.2. The summed E-state index contributed by atoms with van der Waals surface area (Å²) in [6, 6.07) is 8.91. The number of alkyl halides is 2. The van der Waals surface area contributed by atoms with Gasteiger partial charge in [-0.25, -0.2) is 18.4 Å². The van der Waals surface area contributed by atoms with Crippen LogP contribution in [0.4, 0.5) is 8.78 Å². The Bertz CT molecular complexity index is 844. The molecule has 1 aromatic carbocycles. The largest absolute Gasteiger partial charge is 0.460 e. The average molecular weight is 619 g/mol. The van der Waals surface area contributed by atoms with Crippen molar-refractivity contribution >= 4 is 11.9 Å². The van der Waals surface area contributed by atoms with Crippen LogP contribution in [0.2, 0.25) is 0 Å². The summed E-state index contributed by atoms with van der Waals surface area (Å²) in [6.07, 6.45) is 17.0. The normalized spacial score (nSPS) is 23.5. The molecule has 44 heavy (non-hydrogen) atoms. The third-order valence-electron chi connectivity index (χ3n) is 9.93. The van der Waals surface area contributed by atoms with Gasteiger partial charge in [-0.2, -0.15) is 0 Å². The van der Waals surface area contributed by atoms with Crippen LogP contribution in [0.3, 0.4) is 0 Å². The van der Waals surface area contributed by atoms with E-state index in [0.717, 1.165) is 89.9 Å². The van der Waals surface area contributed by atoms with Crippen molar-refractivity contribution < 1.29 is 27.8 Å². The maximum absolute atomic E-state index is 14.3. The molecule has 2 aliphatic rings. The van der Waals surface area contributed by atoms with Crippen LogP contribution in [-0.4, -0.2) is 36.5 Å². The molecule has 1 aromatic rings. The number of carbonyl (C=O) groups is 2. The van der Waals surface area contributed by atoms with Crippen LogP contribution in [0, 0.1) is 0 Å². The van der Waals surface area contributed by atoms with E-state index in [9.17, 15) is 18.4 Å². The number of unbranched alkanes of at least 4 members (excludes halogenated alkanes) is 10. The van der Waals surface area contributed by atoms with E-state index >= 15 is 0 Å². The molecule has 0 spiro atoms. The van der Waals surface area contributed by atoms with Gasteiger partial charge >= 0.3 is 11.9 Å². The minimum atomic E-state index is -1.50. The predicted molar refractivity (Wildman–Crippen MR) is 174 cm³/mol. The SMILES string of the molecule is CCCCCCCC[C@@H](F)C(=O)OC1CCC(c2ccc(C3CCC(OC(=O)[C@H](F)CCCCCCCC)CC3)cc2)CC1. The van der Waals surface area contributed by atoms with E-state index in [-0.39, 0.29) is 25.0 Å². The lowest BCUT2D eigenvalue weighted by molar-refractivity contribution is -0.157. The number of halogens is 2. The molecule has 6 heteroatoms. The Morgan fingerprint density at radius 2 is 0.886 bits per heavy atom. The Balaban J connectivity index is 1.30. The third-order valence-corrected chi connectivity index (χ3v) is 9.93. The number of benzene rings is 1. The van der Waals surface area contributed by atoms with Crippen molar-refractivity contribution in [1.82, 2.24) is 0 Å². The zero-order chi connectivity index (χ0) is 31.6. The highest BCUT2D eigenvalue weighted by Crippen LogP contribution is 2.38. The molecular weight excluding hydrogens is 558 g/mol. The summed E-state index contributed by atoms with van der Waals surface area (Å²) in [7, 11) is 0. The average Bonchev–Trinajstić information content (AvgIpc) is 3.05. The first-order valence-corrected chi connectivity index (χ1v) is 18.2. The van der Waals surface area contributed by atoms with Gasteiger partial charge in [0.1, 0.15) is 12.2 Å². The van der Waals surface area contributed by atoms with E-state index in [1.54, 1.807) is 0 Å². The third kappa shape index (κ3) is 13.2. The molecule has 0 radical (unpaired) electrons. The summed E-state index contributed by atoms with van der Waals surface area (Å²) >= 11 is 0. The highest BCUT2D eigenvalue weighted by atomic mass is 19.1. The fourth-order valence-electron chi connectivity index (χ4n) is 6.99. The van der Waals surface area contributed by atoms with Crippen LogP contribution in [0.5, 0.6) is 0 Å². The fourth-order valence-corrected chi connectivity index (χ4v) is 6.99. The molecule has 0 aliphatic heterocycles. The molecular formula is C38H60F2O4. The van der Waals surface area contributed by atoms with Crippen molar-refractivity contribution in [3.63, 3.8) is 0 Å². The lowest BCUT2D eigenvalue weighted by atomic mass is 9.80. The van der Waals surface area contributed by atoms with Crippen LogP contribution in [0.15, 0.2) is 24.3 Å². The summed E-state index contributed by atoms with van der Waals surface area (Å²) in [6.45, 7) is 4.35. The van der Waals surface area contributed by atoms with E-state index in [1.807, 2.05) is 0 Å². The number of rotatable bonds is 20. The summed E-state index contributed by atoms with van der Waals surface area (Å²) in [4.78, 5) is 24.5. The van der Waals surface area contributed by atoms with Crippen LogP contribution in [0.1, 0.15) is 178 Å². The monoisotopic (exact) mass is 618 g/mol. The molecule has 2 atom stereocenters. The minimum Gasteiger partial charge on any atom is -0.460 e. The topological polar surface area (TPSA) is 52.6 Å². The number of hydrogen-bond acceptors (Lipinski definition) is 4. The molecule has 0 saturated heterocycles. The summed E-state index contributed by atoms with van der Waals surface area (Å²) < 4.78 is 39.8. The van der Waals surface area contributed by atoms with Crippen LogP contribution < -0.4 is 0 Å². The molecule has 2 aliphatic carbocycles. The Labute approximate surface area is 266 Å². The lowest BCUT2D eigenvalue weighted by Crippen LogP contribution is -2.28. The first-order chi connectivity index (χ1) is 21.4. The van der Waals surface area contributed by atoms with Gasteiger partial charge in [-0.1, -0.05) is 102 Å². The summed E-state index contributed by atoms with van der Waals surface area (Å²) in [5, 5.41) is 0. The molecule has 0 unspecified atom stereocenters. The molecule has 3 rings (SSSR count). The van der Waals surface area contributed by atoms with Gasteiger partial charge in [0.15, 0.2) is 12.3 Å². The number of ether oxygens (including phenoxy) is 2. The van der Waals surface area contributed by atoms with Crippen molar-refractivity contribution in [2.75, 3.05) is 0 Å². The molecule has 0 aromatic heterocycles. The zero-order valence-electron chi connectivity index (χ0n) is 27.7. The molecule has 2 saturated carbocycles. The summed E-state index contributed by atoms with van der Waals surface area (Å²) in [5.41, 5.74) is 2.62. The maximum Gasteiger partial charge on any atom is 0.340 e.